The van der Waals surface area contributed by atoms with E-state index < -0.39 is 0 Å². The zero-order valence-corrected chi connectivity index (χ0v) is 10.6. The van der Waals surface area contributed by atoms with Crippen LogP contribution in [0.5, 0.6) is 5.75 Å². The van der Waals surface area contributed by atoms with Crippen molar-refractivity contribution in [1.29, 1.82) is 0 Å². The Morgan fingerprint density at radius 3 is 2.53 bits per heavy atom. The number of ether oxygens (including phenoxy) is 2. The number of nitrogens with two attached hydrogens (primary N) is 1. The summed E-state index contributed by atoms with van der Waals surface area (Å²) in [6.45, 7) is 1.22. The van der Waals surface area contributed by atoms with Gasteiger partial charge in [0.2, 0.25) is 0 Å². The van der Waals surface area contributed by atoms with E-state index in [1.165, 1.54) is 5.56 Å². The van der Waals surface area contributed by atoms with Crippen LogP contribution in [-0.4, -0.2) is 20.8 Å². The fourth-order valence-corrected chi connectivity index (χ4v) is 2.02. The van der Waals surface area contributed by atoms with Gasteiger partial charge in [-0.3, -0.25) is 0 Å². The van der Waals surface area contributed by atoms with Gasteiger partial charge in [-0.2, -0.15) is 0 Å². The smallest absolute Gasteiger partial charge is 0.133 e. The van der Waals surface area contributed by atoms with Gasteiger partial charge in [0.05, 0.1) is 18.2 Å². The summed E-state index contributed by atoms with van der Waals surface area (Å²) in [7, 11) is 3.33. The highest BCUT2D eigenvalue weighted by Gasteiger charge is 2.08. The first kappa shape index (κ1) is 12.5. The first-order valence-electron chi connectivity index (χ1n) is 4.77. The van der Waals surface area contributed by atoms with Crippen molar-refractivity contribution in [3.8, 4) is 5.75 Å². The van der Waals surface area contributed by atoms with Gasteiger partial charge in [-0.05, 0) is 52.2 Å². The number of hydrogen-bond donors (Lipinski definition) is 1. The third-order valence-corrected chi connectivity index (χ3v) is 2.81. The monoisotopic (exact) mass is 273 g/mol. The molecule has 0 amide bonds. The van der Waals surface area contributed by atoms with E-state index in [0.717, 1.165) is 22.2 Å². The van der Waals surface area contributed by atoms with Crippen LogP contribution in [0.15, 0.2) is 16.6 Å². The van der Waals surface area contributed by atoms with Crippen LogP contribution >= 0.6 is 15.9 Å². The normalized spacial score (nSPS) is 10.4. The standard InChI is InChI=1S/C11H16BrNO2/c1-14-7-9-6-11(15-2)10(12)5-8(9)3-4-13/h5-6H,3-4,7,13H2,1-2H3. The van der Waals surface area contributed by atoms with E-state index in [4.69, 9.17) is 15.2 Å². The highest BCUT2D eigenvalue weighted by Crippen LogP contribution is 2.29. The molecule has 2 N–H and O–H groups in total. The van der Waals surface area contributed by atoms with Crippen molar-refractivity contribution in [1.82, 2.24) is 0 Å². The zero-order chi connectivity index (χ0) is 11.3. The van der Waals surface area contributed by atoms with Crippen LogP contribution in [0, 0.1) is 0 Å². The Kier molecular flexibility index (Phi) is 5.08. The Morgan fingerprint density at radius 2 is 2.00 bits per heavy atom. The maximum atomic E-state index is 5.56. The molecule has 0 unspecified atom stereocenters. The molecule has 0 aliphatic heterocycles. The van der Waals surface area contributed by atoms with E-state index in [1.54, 1.807) is 14.2 Å². The molecule has 0 aliphatic carbocycles. The lowest BCUT2D eigenvalue weighted by atomic mass is 10.0. The molecule has 84 valence electrons. The molecule has 0 atom stereocenters. The minimum Gasteiger partial charge on any atom is -0.496 e. The summed E-state index contributed by atoms with van der Waals surface area (Å²) in [5, 5.41) is 0. The summed E-state index contributed by atoms with van der Waals surface area (Å²) in [4.78, 5) is 0. The molecule has 0 heterocycles. The second kappa shape index (κ2) is 6.10. The molecule has 4 heteroatoms. The minimum absolute atomic E-state index is 0.582. The summed E-state index contributed by atoms with van der Waals surface area (Å²) in [6.07, 6.45) is 0.848. The summed E-state index contributed by atoms with van der Waals surface area (Å²) in [6, 6.07) is 4.03. The van der Waals surface area contributed by atoms with Gasteiger partial charge in [0.25, 0.3) is 0 Å². The Morgan fingerprint density at radius 1 is 1.27 bits per heavy atom. The third kappa shape index (κ3) is 3.19. The Labute approximate surface area is 98.7 Å². The summed E-state index contributed by atoms with van der Waals surface area (Å²) in [5.74, 6) is 0.822. The lowest BCUT2D eigenvalue weighted by molar-refractivity contribution is 0.184. The van der Waals surface area contributed by atoms with Crippen molar-refractivity contribution in [2.45, 2.75) is 13.0 Å². The SMILES string of the molecule is COCc1cc(OC)c(Br)cc1CCN. The minimum atomic E-state index is 0.582. The summed E-state index contributed by atoms with van der Waals surface area (Å²) in [5.41, 5.74) is 7.89. The largest absolute Gasteiger partial charge is 0.496 e. The third-order valence-electron chi connectivity index (χ3n) is 2.19. The van der Waals surface area contributed by atoms with Crippen LogP contribution in [0.25, 0.3) is 0 Å². The van der Waals surface area contributed by atoms with E-state index in [-0.39, 0.29) is 0 Å². The van der Waals surface area contributed by atoms with Crippen LogP contribution in [-0.2, 0) is 17.8 Å². The molecule has 0 fully saturated rings. The van der Waals surface area contributed by atoms with E-state index in [0.29, 0.717) is 13.2 Å². The first-order valence-corrected chi connectivity index (χ1v) is 5.56. The second-order valence-corrected chi connectivity index (χ2v) is 4.08. The molecule has 3 nitrogen and oxygen atoms in total. The summed E-state index contributed by atoms with van der Waals surface area (Å²) < 4.78 is 11.3. The molecule has 0 aliphatic rings. The highest BCUT2D eigenvalue weighted by molar-refractivity contribution is 9.10. The predicted molar refractivity (Wildman–Crippen MR) is 64.2 cm³/mol. The van der Waals surface area contributed by atoms with E-state index in [1.807, 2.05) is 12.1 Å². The van der Waals surface area contributed by atoms with Crippen LogP contribution < -0.4 is 10.5 Å². The van der Waals surface area contributed by atoms with Crippen LogP contribution in [0.4, 0.5) is 0 Å². The second-order valence-electron chi connectivity index (χ2n) is 3.23. The molecular formula is C11H16BrNO2. The van der Waals surface area contributed by atoms with Crippen LogP contribution in [0.3, 0.4) is 0 Å². The molecule has 1 rings (SSSR count). The molecule has 1 aromatic carbocycles. The number of hydrogen-bond acceptors (Lipinski definition) is 3. The summed E-state index contributed by atoms with van der Waals surface area (Å²) >= 11 is 3.46. The molecule has 15 heavy (non-hydrogen) atoms. The zero-order valence-electron chi connectivity index (χ0n) is 9.05. The van der Waals surface area contributed by atoms with Crippen molar-refractivity contribution < 1.29 is 9.47 Å². The van der Waals surface area contributed by atoms with E-state index in [2.05, 4.69) is 15.9 Å². The predicted octanol–water partition coefficient (Wildman–Crippen LogP) is 2.11. The average molecular weight is 274 g/mol. The molecule has 0 spiro atoms. The van der Waals surface area contributed by atoms with E-state index in [9.17, 15) is 0 Å². The number of rotatable bonds is 5. The van der Waals surface area contributed by atoms with Crippen LogP contribution in [0.2, 0.25) is 0 Å². The Hall–Kier alpha value is -0.580. The highest BCUT2D eigenvalue weighted by atomic mass is 79.9. The maximum Gasteiger partial charge on any atom is 0.133 e. The van der Waals surface area contributed by atoms with Gasteiger partial charge in [-0.1, -0.05) is 0 Å². The van der Waals surface area contributed by atoms with Crippen molar-refractivity contribution >= 4 is 15.9 Å². The van der Waals surface area contributed by atoms with E-state index >= 15 is 0 Å². The van der Waals surface area contributed by atoms with Crippen LogP contribution in [0.1, 0.15) is 11.1 Å². The van der Waals surface area contributed by atoms with Crippen molar-refractivity contribution in [2.24, 2.45) is 5.73 Å². The van der Waals surface area contributed by atoms with Crippen molar-refractivity contribution in [3.63, 3.8) is 0 Å². The maximum absolute atomic E-state index is 5.56. The quantitative estimate of drug-likeness (QED) is 0.894. The Bertz CT molecular complexity index is 329. The lowest BCUT2D eigenvalue weighted by Gasteiger charge is -2.12. The van der Waals surface area contributed by atoms with Crippen molar-refractivity contribution in [3.05, 3.63) is 27.7 Å². The molecular weight excluding hydrogens is 258 g/mol. The molecule has 0 radical (unpaired) electrons. The molecule has 0 aromatic heterocycles. The fraction of sp³-hybridized carbons (Fsp3) is 0.455. The molecule has 0 saturated heterocycles. The number of benzene rings is 1. The number of methoxy groups -OCH3 is 2. The van der Waals surface area contributed by atoms with Gasteiger partial charge in [0.15, 0.2) is 0 Å². The van der Waals surface area contributed by atoms with Gasteiger partial charge in [0, 0.05) is 7.11 Å². The first-order chi connectivity index (χ1) is 7.22. The van der Waals surface area contributed by atoms with Gasteiger partial charge in [0.1, 0.15) is 5.75 Å². The van der Waals surface area contributed by atoms with Gasteiger partial charge < -0.3 is 15.2 Å². The van der Waals surface area contributed by atoms with Gasteiger partial charge in [-0.25, -0.2) is 0 Å². The topological polar surface area (TPSA) is 44.5 Å². The molecule has 1 aromatic rings. The van der Waals surface area contributed by atoms with Gasteiger partial charge >= 0.3 is 0 Å². The molecule has 0 bridgehead atoms. The van der Waals surface area contributed by atoms with Crippen molar-refractivity contribution in [2.75, 3.05) is 20.8 Å². The lowest BCUT2D eigenvalue weighted by Crippen LogP contribution is -2.06. The fourth-order valence-electron chi connectivity index (χ4n) is 1.47. The molecule has 0 saturated carbocycles. The van der Waals surface area contributed by atoms with Gasteiger partial charge in [-0.15, -0.1) is 0 Å². The number of halogens is 1. The Balaban J connectivity index is 3.07. The average Bonchev–Trinajstić information content (AvgIpc) is 2.22.